The Bertz CT molecular complexity index is 341. The van der Waals surface area contributed by atoms with E-state index >= 15 is 0 Å². The van der Waals surface area contributed by atoms with Crippen molar-refractivity contribution in [3.8, 4) is 0 Å². The fourth-order valence-electron chi connectivity index (χ4n) is 2.75. The van der Waals surface area contributed by atoms with Gasteiger partial charge in [0.25, 0.3) is 0 Å². The third-order valence-electron chi connectivity index (χ3n) is 3.79. The molecule has 2 rings (SSSR count). The van der Waals surface area contributed by atoms with Crippen LogP contribution < -0.4 is 5.32 Å². The molecule has 0 aliphatic carbocycles. The summed E-state index contributed by atoms with van der Waals surface area (Å²) in [7, 11) is 0. The molecule has 2 heterocycles. The van der Waals surface area contributed by atoms with Crippen molar-refractivity contribution in [2.45, 2.75) is 70.8 Å². The molecule has 0 aromatic rings. The first kappa shape index (κ1) is 15.6. The second-order valence-corrected chi connectivity index (χ2v) is 6.97. The first-order valence-corrected chi connectivity index (χ1v) is 7.70. The number of amides is 1. The Hall–Kier alpha value is -0.810. The van der Waals surface area contributed by atoms with E-state index in [2.05, 4.69) is 12.2 Å². The molecule has 3 atom stereocenters. The molecule has 2 aliphatic heterocycles. The lowest BCUT2D eigenvalue weighted by molar-refractivity contribution is 0.0288. The van der Waals surface area contributed by atoms with Crippen molar-refractivity contribution >= 4 is 6.09 Å². The molecule has 3 unspecified atom stereocenters. The summed E-state index contributed by atoms with van der Waals surface area (Å²) in [5.74, 6) is 0. The van der Waals surface area contributed by atoms with Crippen LogP contribution in [0.4, 0.5) is 4.79 Å². The topological polar surface area (TPSA) is 50.8 Å². The largest absolute Gasteiger partial charge is 0.444 e. The van der Waals surface area contributed by atoms with Crippen molar-refractivity contribution in [3.05, 3.63) is 0 Å². The second-order valence-electron chi connectivity index (χ2n) is 6.97. The van der Waals surface area contributed by atoms with Gasteiger partial charge in [-0.2, -0.15) is 0 Å². The highest BCUT2D eigenvalue weighted by Gasteiger charge is 2.30. The van der Waals surface area contributed by atoms with Gasteiger partial charge in [-0.15, -0.1) is 0 Å². The quantitative estimate of drug-likeness (QED) is 0.863. The van der Waals surface area contributed by atoms with Gasteiger partial charge in [0, 0.05) is 25.7 Å². The molecule has 2 fully saturated rings. The Morgan fingerprint density at radius 1 is 1.35 bits per heavy atom. The lowest BCUT2D eigenvalue weighted by Crippen LogP contribution is -2.40. The van der Waals surface area contributed by atoms with E-state index in [0.29, 0.717) is 18.2 Å². The molecule has 0 spiro atoms. The number of hydrogen-bond acceptors (Lipinski definition) is 4. The third-order valence-corrected chi connectivity index (χ3v) is 3.79. The molecule has 2 saturated heterocycles. The highest BCUT2D eigenvalue weighted by molar-refractivity contribution is 5.68. The summed E-state index contributed by atoms with van der Waals surface area (Å²) in [5.41, 5.74) is -0.420. The highest BCUT2D eigenvalue weighted by atomic mass is 16.6. The lowest BCUT2D eigenvalue weighted by Gasteiger charge is -2.24. The molecular formula is C15H28N2O3. The van der Waals surface area contributed by atoms with Gasteiger partial charge in [-0.25, -0.2) is 4.79 Å². The predicted molar refractivity (Wildman–Crippen MR) is 77.8 cm³/mol. The second kappa shape index (κ2) is 6.31. The average Bonchev–Trinajstić information content (AvgIpc) is 2.93. The van der Waals surface area contributed by atoms with E-state index in [0.717, 1.165) is 38.9 Å². The molecule has 0 radical (unpaired) electrons. The van der Waals surface area contributed by atoms with E-state index in [-0.39, 0.29) is 6.09 Å². The number of nitrogens with zero attached hydrogens (tertiary/aromatic N) is 1. The standard InChI is InChI=1S/C15H28N2O3/c1-11-5-6-13(19-11)9-16-12-7-8-17(10-12)14(18)20-15(2,3)4/h11-13,16H,5-10H2,1-4H3. The number of rotatable bonds is 3. The zero-order valence-corrected chi connectivity index (χ0v) is 13.1. The van der Waals surface area contributed by atoms with Gasteiger partial charge in [0.2, 0.25) is 0 Å². The van der Waals surface area contributed by atoms with Crippen LogP contribution in [-0.4, -0.2) is 54.5 Å². The van der Waals surface area contributed by atoms with E-state index in [4.69, 9.17) is 9.47 Å². The van der Waals surface area contributed by atoms with Crippen molar-refractivity contribution in [1.29, 1.82) is 0 Å². The SMILES string of the molecule is CC1CCC(CNC2CCN(C(=O)OC(C)(C)C)C2)O1. The minimum Gasteiger partial charge on any atom is -0.444 e. The van der Waals surface area contributed by atoms with Crippen LogP contribution in [0.15, 0.2) is 0 Å². The van der Waals surface area contributed by atoms with Gasteiger partial charge in [0.15, 0.2) is 0 Å². The molecule has 5 nitrogen and oxygen atoms in total. The zero-order valence-electron chi connectivity index (χ0n) is 13.1. The number of likely N-dealkylation sites (tertiary alicyclic amines) is 1. The van der Waals surface area contributed by atoms with Crippen LogP contribution in [0, 0.1) is 0 Å². The monoisotopic (exact) mass is 284 g/mol. The summed E-state index contributed by atoms with van der Waals surface area (Å²) >= 11 is 0. The number of ether oxygens (including phenoxy) is 2. The molecular weight excluding hydrogens is 256 g/mol. The molecule has 116 valence electrons. The van der Waals surface area contributed by atoms with E-state index < -0.39 is 5.60 Å². The number of nitrogens with one attached hydrogen (secondary N) is 1. The Morgan fingerprint density at radius 2 is 2.10 bits per heavy atom. The van der Waals surface area contributed by atoms with Gasteiger partial charge in [-0.05, 0) is 47.0 Å². The summed E-state index contributed by atoms with van der Waals surface area (Å²) in [4.78, 5) is 13.8. The van der Waals surface area contributed by atoms with Gasteiger partial charge >= 0.3 is 6.09 Å². The van der Waals surface area contributed by atoms with Crippen molar-refractivity contribution in [2.75, 3.05) is 19.6 Å². The van der Waals surface area contributed by atoms with Crippen LogP contribution in [-0.2, 0) is 9.47 Å². The Labute approximate surface area is 122 Å². The molecule has 0 aromatic heterocycles. The Balaban J connectivity index is 1.68. The summed E-state index contributed by atoms with van der Waals surface area (Å²) in [6.45, 7) is 10.2. The van der Waals surface area contributed by atoms with Crippen LogP contribution in [0.5, 0.6) is 0 Å². The molecule has 0 bridgehead atoms. The summed E-state index contributed by atoms with van der Waals surface area (Å²) < 4.78 is 11.2. The van der Waals surface area contributed by atoms with Crippen LogP contribution >= 0.6 is 0 Å². The molecule has 20 heavy (non-hydrogen) atoms. The maximum atomic E-state index is 12.0. The molecule has 0 saturated carbocycles. The molecule has 1 amide bonds. The minimum absolute atomic E-state index is 0.201. The Morgan fingerprint density at radius 3 is 2.70 bits per heavy atom. The first-order valence-electron chi connectivity index (χ1n) is 7.70. The van der Waals surface area contributed by atoms with Gasteiger partial charge in [0.1, 0.15) is 5.60 Å². The predicted octanol–water partition coefficient (Wildman–Crippen LogP) is 2.15. The van der Waals surface area contributed by atoms with Gasteiger partial charge in [-0.1, -0.05) is 0 Å². The summed E-state index contributed by atoms with van der Waals surface area (Å²) in [6.07, 6.45) is 3.80. The fourth-order valence-corrected chi connectivity index (χ4v) is 2.75. The van der Waals surface area contributed by atoms with E-state index in [9.17, 15) is 4.79 Å². The third kappa shape index (κ3) is 4.63. The average molecular weight is 284 g/mol. The van der Waals surface area contributed by atoms with Crippen molar-refractivity contribution in [1.82, 2.24) is 10.2 Å². The number of hydrogen-bond donors (Lipinski definition) is 1. The van der Waals surface area contributed by atoms with Crippen molar-refractivity contribution in [3.63, 3.8) is 0 Å². The van der Waals surface area contributed by atoms with E-state index in [1.54, 1.807) is 4.90 Å². The normalized spacial score (nSPS) is 30.8. The van der Waals surface area contributed by atoms with Crippen LogP contribution in [0.1, 0.15) is 47.0 Å². The number of carbonyl (C=O) groups excluding carboxylic acids is 1. The lowest BCUT2D eigenvalue weighted by atomic mass is 10.2. The molecule has 2 aliphatic rings. The minimum atomic E-state index is -0.420. The number of carbonyl (C=O) groups is 1. The van der Waals surface area contributed by atoms with Gasteiger partial charge in [0.05, 0.1) is 12.2 Å². The van der Waals surface area contributed by atoms with Crippen LogP contribution in [0.2, 0.25) is 0 Å². The van der Waals surface area contributed by atoms with Gasteiger partial charge in [-0.3, -0.25) is 0 Å². The van der Waals surface area contributed by atoms with Crippen LogP contribution in [0.3, 0.4) is 0 Å². The molecule has 1 N–H and O–H groups in total. The summed E-state index contributed by atoms with van der Waals surface area (Å²) in [5, 5.41) is 3.52. The van der Waals surface area contributed by atoms with E-state index in [1.807, 2.05) is 20.8 Å². The first-order chi connectivity index (χ1) is 9.33. The zero-order chi connectivity index (χ0) is 14.8. The smallest absolute Gasteiger partial charge is 0.410 e. The highest BCUT2D eigenvalue weighted by Crippen LogP contribution is 2.19. The van der Waals surface area contributed by atoms with Crippen molar-refractivity contribution in [2.24, 2.45) is 0 Å². The van der Waals surface area contributed by atoms with Crippen molar-refractivity contribution < 1.29 is 14.3 Å². The Kier molecular flexibility index (Phi) is 4.91. The van der Waals surface area contributed by atoms with Crippen LogP contribution in [0.25, 0.3) is 0 Å². The van der Waals surface area contributed by atoms with E-state index in [1.165, 1.54) is 0 Å². The molecule has 5 heteroatoms. The maximum absolute atomic E-state index is 12.0. The summed E-state index contributed by atoms with van der Waals surface area (Å²) in [6, 6.07) is 0.363. The fraction of sp³-hybridized carbons (Fsp3) is 0.933. The maximum Gasteiger partial charge on any atom is 0.410 e. The van der Waals surface area contributed by atoms with Gasteiger partial charge < -0.3 is 19.7 Å². The molecule has 0 aromatic carbocycles.